The zero-order valence-corrected chi connectivity index (χ0v) is 6.59. The predicted octanol–water partition coefficient (Wildman–Crippen LogP) is 2.57. The Morgan fingerprint density at radius 2 is 1.92 bits per heavy atom. The Hall–Kier alpha value is -0.820. The fraction of sp³-hybridized carbons (Fsp3) is 0.455. The van der Waals surface area contributed by atoms with E-state index in [1.54, 1.807) is 30.3 Å². The lowest BCUT2D eigenvalue weighted by Crippen LogP contribution is -2.34. The lowest BCUT2D eigenvalue weighted by molar-refractivity contribution is 0.424. The Morgan fingerprint density at radius 1 is 1.25 bits per heavy atom. The van der Waals surface area contributed by atoms with Gasteiger partial charge in [0.05, 0.1) is 0 Å². The summed E-state index contributed by atoms with van der Waals surface area (Å²) in [7, 11) is 0. The molecule has 1 nitrogen and oxygen atoms in total. The molecule has 0 atom stereocenters. The summed E-state index contributed by atoms with van der Waals surface area (Å²) in [5.74, 6) is 0. The van der Waals surface area contributed by atoms with Gasteiger partial charge in [-0.2, -0.15) is 0 Å². The van der Waals surface area contributed by atoms with Crippen molar-refractivity contribution < 1.29 is 12.3 Å². The smallest absolute Gasteiger partial charge is 0.0249 e. The predicted molar refractivity (Wildman–Crippen MR) is 53.0 cm³/mol. The first-order chi connectivity index (χ1) is 9.33. The average Bonchev–Trinajstić information content (AvgIpc) is 2.25. The van der Waals surface area contributed by atoms with Crippen LogP contribution in [0.5, 0.6) is 0 Å². The molecule has 66 valence electrons. The average molecular weight is 172 g/mol. The van der Waals surface area contributed by atoms with Gasteiger partial charge in [-0.1, -0.05) is 30.3 Å². The first-order valence-corrected chi connectivity index (χ1v) is 3.62. The summed E-state index contributed by atoms with van der Waals surface area (Å²) >= 11 is 0. The molecule has 0 aliphatic rings. The second-order valence-corrected chi connectivity index (χ2v) is 2.59. The Morgan fingerprint density at radius 3 is 2.50 bits per heavy atom. The van der Waals surface area contributed by atoms with Crippen LogP contribution in [0.15, 0.2) is 30.3 Å². The van der Waals surface area contributed by atoms with E-state index in [9.17, 15) is 0 Å². The van der Waals surface area contributed by atoms with Crippen LogP contribution < -0.4 is 5.32 Å². The molecule has 0 saturated heterocycles. The molecule has 0 aliphatic carbocycles. The number of nitrogens with one attached hydrogen (secondary N) is 1. The van der Waals surface area contributed by atoms with Gasteiger partial charge in [0.1, 0.15) is 0 Å². The number of rotatable bonds is 2. The van der Waals surface area contributed by atoms with E-state index in [1.807, 2.05) is 0 Å². The summed E-state index contributed by atoms with van der Waals surface area (Å²) in [6.07, 6.45) is 0. The molecule has 1 rings (SSSR count). The zero-order chi connectivity index (χ0) is 16.5. The van der Waals surface area contributed by atoms with Crippen LogP contribution in [0.2, 0.25) is 0 Å². The molecule has 0 heterocycles. The van der Waals surface area contributed by atoms with E-state index in [0.29, 0.717) is 5.56 Å². The third kappa shape index (κ3) is 3.54. The highest BCUT2D eigenvalue weighted by Gasteiger charge is 2.07. The lowest BCUT2D eigenvalue weighted by Gasteiger charge is -2.20. The van der Waals surface area contributed by atoms with Crippen molar-refractivity contribution in [2.45, 2.75) is 32.6 Å². The highest BCUT2D eigenvalue weighted by atomic mass is 14.9. The van der Waals surface area contributed by atoms with Crippen molar-refractivity contribution in [1.29, 1.82) is 0 Å². The van der Waals surface area contributed by atoms with Crippen LogP contribution in [0.3, 0.4) is 0 Å². The minimum Gasteiger partial charge on any atom is -0.308 e. The van der Waals surface area contributed by atoms with Crippen LogP contribution in [0, 0.1) is 0 Å². The van der Waals surface area contributed by atoms with Crippen LogP contribution in [0.25, 0.3) is 0 Å². The molecule has 0 unspecified atom stereocenters. The number of benzene rings is 1. The Bertz CT molecular complexity index is 421. The summed E-state index contributed by atoms with van der Waals surface area (Å²) in [6.45, 7) is -9.84. The fourth-order valence-corrected chi connectivity index (χ4v) is 0.831. The second kappa shape index (κ2) is 3.72. The van der Waals surface area contributed by atoms with Gasteiger partial charge in [-0.25, -0.2) is 0 Å². The first-order valence-electron chi connectivity index (χ1n) is 8.12. The fourth-order valence-electron chi connectivity index (χ4n) is 0.831. The molecule has 0 fully saturated rings. The van der Waals surface area contributed by atoms with Gasteiger partial charge in [-0.15, -0.1) is 0 Å². The van der Waals surface area contributed by atoms with Crippen molar-refractivity contribution in [1.82, 2.24) is 5.32 Å². The summed E-state index contributed by atoms with van der Waals surface area (Å²) in [4.78, 5) is 0. The van der Waals surface area contributed by atoms with Gasteiger partial charge >= 0.3 is 0 Å². The van der Waals surface area contributed by atoms with Gasteiger partial charge in [-0.3, -0.25) is 0 Å². The van der Waals surface area contributed by atoms with Crippen molar-refractivity contribution in [2.24, 2.45) is 0 Å². The van der Waals surface area contributed by atoms with E-state index in [-0.39, 0.29) is 6.54 Å². The van der Waals surface area contributed by atoms with Crippen molar-refractivity contribution in [3.05, 3.63) is 35.9 Å². The first kappa shape index (κ1) is 2.85. The Labute approximate surface area is 87.5 Å². The monoisotopic (exact) mass is 172 g/mol. The largest absolute Gasteiger partial charge is 0.308 e. The quantitative estimate of drug-likeness (QED) is 0.723. The molecule has 1 heteroatoms. The summed E-state index contributed by atoms with van der Waals surface area (Å²) < 4.78 is 67.2. The molecule has 0 spiro atoms. The second-order valence-electron chi connectivity index (χ2n) is 2.59. The molecule has 1 aromatic carbocycles. The molecule has 12 heavy (non-hydrogen) atoms. The minimum atomic E-state index is -3.22. The van der Waals surface area contributed by atoms with Gasteiger partial charge in [0.15, 0.2) is 0 Å². The highest BCUT2D eigenvalue weighted by Crippen LogP contribution is 2.03. The molecule has 0 saturated carbocycles. The number of hydrogen-bond acceptors (Lipinski definition) is 1. The van der Waals surface area contributed by atoms with Crippen molar-refractivity contribution in [3.8, 4) is 0 Å². The summed E-state index contributed by atoms with van der Waals surface area (Å²) in [5, 5.41) is 2.28. The van der Waals surface area contributed by atoms with Crippen LogP contribution in [0.1, 0.15) is 38.5 Å². The summed E-state index contributed by atoms with van der Waals surface area (Å²) in [5.41, 5.74) is -2.39. The summed E-state index contributed by atoms with van der Waals surface area (Å²) in [6, 6.07) is 8.43. The third-order valence-corrected chi connectivity index (χ3v) is 1.40. The van der Waals surface area contributed by atoms with E-state index in [1.165, 1.54) is 0 Å². The molecule has 0 amide bonds. The van der Waals surface area contributed by atoms with Crippen LogP contribution in [0.4, 0.5) is 0 Å². The Balaban J connectivity index is 3.25. The molecular weight excluding hydrogens is 146 g/mol. The molecule has 0 radical (unpaired) electrons. The van der Waals surface area contributed by atoms with Crippen LogP contribution in [-0.4, -0.2) is 5.54 Å². The van der Waals surface area contributed by atoms with Crippen molar-refractivity contribution in [3.63, 3.8) is 0 Å². The molecule has 1 aromatic rings. The van der Waals surface area contributed by atoms with Gasteiger partial charge in [0, 0.05) is 24.4 Å². The topological polar surface area (TPSA) is 12.0 Å². The number of hydrogen-bond donors (Lipinski definition) is 1. The van der Waals surface area contributed by atoms with E-state index >= 15 is 0 Å². The third-order valence-electron chi connectivity index (χ3n) is 1.40. The van der Waals surface area contributed by atoms with Crippen molar-refractivity contribution in [2.75, 3.05) is 0 Å². The molecule has 0 aromatic heterocycles. The van der Waals surface area contributed by atoms with E-state index < -0.39 is 26.1 Å². The Kier molecular flexibility index (Phi) is 0.883. The minimum absolute atomic E-state index is 0.171. The van der Waals surface area contributed by atoms with Crippen LogP contribution >= 0.6 is 0 Å². The van der Waals surface area contributed by atoms with Crippen LogP contribution in [-0.2, 0) is 6.54 Å². The van der Waals surface area contributed by atoms with Gasteiger partial charge in [0.2, 0.25) is 0 Å². The highest BCUT2D eigenvalue weighted by molar-refractivity contribution is 5.14. The molecule has 0 bridgehead atoms. The normalized spacial score (nSPS) is 25.8. The maximum Gasteiger partial charge on any atom is 0.0249 e. The SMILES string of the molecule is [2H]C([2H])([2H])C(NCc1ccccc1)(C([2H])([2H])[2H])C([2H])([2H])[2H]. The lowest BCUT2D eigenvalue weighted by atomic mass is 10.1. The van der Waals surface area contributed by atoms with Crippen molar-refractivity contribution >= 4 is 0 Å². The zero-order valence-electron chi connectivity index (χ0n) is 15.6. The molecular formula is C11H17N. The van der Waals surface area contributed by atoms with Gasteiger partial charge < -0.3 is 5.32 Å². The van der Waals surface area contributed by atoms with E-state index in [2.05, 4.69) is 5.32 Å². The standard InChI is InChI=1S/C11H17N/c1-11(2,3)12-9-10-7-5-4-6-8-10/h4-8,12H,9H2,1-3H3/i1D3,2D3,3D3. The maximum absolute atomic E-state index is 7.46. The van der Waals surface area contributed by atoms with Gasteiger partial charge in [-0.05, 0) is 26.1 Å². The molecule has 1 N–H and O–H groups in total. The van der Waals surface area contributed by atoms with Gasteiger partial charge in [0.25, 0.3) is 0 Å². The molecule has 0 aliphatic heterocycles. The maximum atomic E-state index is 7.46. The van der Waals surface area contributed by atoms with E-state index in [0.717, 1.165) is 0 Å². The van der Waals surface area contributed by atoms with E-state index in [4.69, 9.17) is 12.3 Å².